The predicted molar refractivity (Wildman–Crippen MR) is 57.1 cm³/mol. The van der Waals surface area contributed by atoms with Crippen molar-refractivity contribution in [1.29, 1.82) is 0 Å². The molecular weight excluding hydrogens is 164 g/mol. The molecule has 0 aliphatic rings. The van der Waals surface area contributed by atoms with Crippen LogP contribution >= 0.6 is 0 Å². The predicted octanol–water partition coefficient (Wildman–Crippen LogP) is 0.953. The van der Waals surface area contributed by atoms with Crippen molar-refractivity contribution < 1.29 is 4.74 Å². The van der Waals surface area contributed by atoms with Crippen LogP contribution < -0.4 is 5.32 Å². The van der Waals surface area contributed by atoms with Crippen LogP contribution in [0.5, 0.6) is 0 Å². The minimum absolute atomic E-state index is 0.617. The average Bonchev–Trinajstić information content (AvgIpc) is 2.14. The standard InChI is InChI=1S/C10H24N2O/c1-5-6-10(11-2)9-12(3)7-8-13-4/h10-11H,5-9H2,1-4H3. The smallest absolute Gasteiger partial charge is 0.0589 e. The van der Waals surface area contributed by atoms with E-state index in [4.69, 9.17) is 4.74 Å². The molecule has 1 atom stereocenters. The Balaban J connectivity index is 3.53. The molecule has 0 aromatic heterocycles. The molecule has 0 heterocycles. The number of hydrogen-bond acceptors (Lipinski definition) is 3. The van der Waals surface area contributed by atoms with Crippen molar-refractivity contribution in [2.75, 3.05) is 40.9 Å². The Hall–Kier alpha value is -0.120. The number of nitrogens with zero attached hydrogens (tertiary/aromatic N) is 1. The van der Waals surface area contributed by atoms with Gasteiger partial charge < -0.3 is 15.0 Å². The number of methoxy groups -OCH3 is 1. The molecule has 0 aliphatic carbocycles. The summed E-state index contributed by atoms with van der Waals surface area (Å²) in [6.07, 6.45) is 2.48. The monoisotopic (exact) mass is 188 g/mol. The molecule has 0 aromatic rings. The lowest BCUT2D eigenvalue weighted by Crippen LogP contribution is -2.38. The van der Waals surface area contributed by atoms with Crippen LogP contribution in [0, 0.1) is 0 Å². The highest BCUT2D eigenvalue weighted by Gasteiger charge is 2.07. The molecular formula is C10H24N2O. The van der Waals surface area contributed by atoms with Crippen molar-refractivity contribution in [3.8, 4) is 0 Å². The molecule has 80 valence electrons. The molecule has 0 radical (unpaired) electrons. The highest BCUT2D eigenvalue weighted by Crippen LogP contribution is 1.97. The van der Waals surface area contributed by atoms with Crippen LogP contribution in [0.3, 0.4) is 0 Å². The minimum atomic E-state index is 0.617. The maximum absolute atomic E-state index is 5.03. The maximum Gasteiger partial charge on any atom is 0.0589 e. The third-order valence-corrected chi connectivity index (χ3v) is 2.25. The molecule has 1 N–H and O–H groups in total. The van der Waals surface area contributed by atoms with Gasteiger partial charge in [0.15, 0.2) is 0 Å². The van der Waals surface area contributed by atoms with E-state index >= 15 is 0 Å². The molecule has 13 heavy (non-hydrogen) atoms. The fourth-order valence-electron chi connectivity index (χ4n) is 1.39. The van der Waals surface area contributed by atoms with Gasteiger partial charge in [0.05, 0.1) is 6.61 Å². The molecule has 0 bridgehead atoms. The quantitative estimate of drug-likeness (QED) is 0.614. The molecule has 0 saturated carbocycles. The Labute approximate surface area is 82.4 Å². The van der Waals surface area contributed by atoms with Crippen LogP contribution in [-0.4, -0.2) is 51.8 Å². The summed E-state index contributed by atoms with van der Waals surface area (Å²) in [6, 6.07) is 0.617. The molecule has 3 heteroatoms. The average molecular weight is 188 g/mol. The Morgan fingerprint density at radius 3 is 2.62 bits per heavy atom. The van der Waals surface area contributed by atoms with E-state index in [1.165, 1.54) is 12.8 Å². The second-order valence-corrected chi connectivity index (χ2v) is 3.53. The number of ether oxygens (including phenoxy) is 1. The van der Waals surface area contributed by atoms with Crippen molar-refractivity contribution in [3.05, 3.63) is 0 Å². The molecule has 3 nitrogen and oxygen atoms in total. The number of rotatable bonds is 8. The fraction of sp³-hybridized carbons (Fsp3) is 1.00. The Morgan fingerprint density at radius 2 is 2.15 bits per heavy atom. The summed E-state index contributed by atoms with van der Waals surface area (Å²) in [6.45, 7) is 5.16. The molecule has 0 amide bonds. The van der Waals surface area contributed by atoms with E-state index in [1.54, 1.807) is 7.11 Å². The minimum Gasteiger partial charge on any atom is -0.383 e. The van der Waals surface area contributed by atoms with Gasteiger partial charge in [-0.2, -0.15) is 0 Å². The summed E-state index contributed by atoms with van der Waals surface area (Å²) >= 11 is 0. The lowest BCUT2D eigenvalue weighted by Gasteiger charge is -2.23. The number of nitrogens with one attached hydrogen (secondary N) is 1. The van der Waals surface area contributed by atoms with Gasteiger partial charge >= 0.3 is 0 Å². The zero-order valence-corrected chi connectivity index (χ0v) is 9.47. The van der Waals surface area contributed by atoms with E-state index in [1.807, 2.05) is 7.05 Å². The summed E-state index contributed by atoms with van der Waals surface area (Å²) in [5, 5.41) is 3.33. The SMILES string of the molecule is CCCC(CN(C)CCOC)NC. The summed E-state index contributed by atoms with van der Waals surface area (Å²) in [5.41, 5.74) is 0. The zero-order chi connectivity index (χ0) is 10.1. The molecule has 0 aromatic carbocycles. The van der Waals surface area contributed by atoms with Gasteiger partial charge in [0.2, 0.25) is 0 Å². The topological polar surface area (TPSA) is 24.5 Å². The van der Waals surface area contributed by atoms with Crippen LogP contribution in [0.25, 0.3) is 0 Å². The first kappa shape index (κ1) is 12.9. The van der Waals surface area contributed by atoms with Crippen molar-refractivity contribution in [1.82, 2.24) is 10.2 Å². The molecule has 0 fully saturated rings. The Bertz CT molecular complexity index is 109. The first-order chi connectivity index (χ1) is 6.24. The van der Waals surface area contributed by atoms with E-state index < -0.39 is 0 Å². The number of hydrogen-bond donors (Lipinski definition) is 1. The summed E-state index contributed by atoms with van der Waals surface area (Å²) in [7, 11) is 5.92. The van der Waals surface area contributed by atoms with E-state index in [0.29, 0.717) is 6.04 Å². The second kappa shape index (κ2) is 8.48. The first-order valence-electron chi connectivity index (χ1n) is 5.09. The highest BCUT2D eigenvalue weighted by atomic mass is 16.5. The highest BCUT2D eigenvalue weighted by molar-refractivity contribution is 4.67. The number of likely N-dealkylation sites (N-methyl/N-ethyl adjacent to an activating group) is 2. The molecule has 0 spiro atoms. The van der Waals surface area contributed by atoms with Gasteiger partial charge in [-0.25, -0.2) is 0 Å². The van der Waals surface area contributed by atoms with Crippen LogP contribution in [0.2, 0.25) is 0 Å². The van der Waals surface area contributed by atoms with E-state index in [-0.39, 0.29) is 0 Å². The second-order valence-electron chi connectivity index (χ2n) is 3.53. The third-order valence-electron chi connectivity index (χ3n) is 2.25. The van der Waals surface area contributed by atoms with Gasteiger partial charge in [0.1, 0.15) is 0 Å². The van der Waals surface area contributed by atoms with Gasteiger partial charge in [-0.05, 0) is 20.5 Å². The van der Waals surface area contributed by atoms with Gasteiger partial charge in [0, 0.05) is 26.2 Å². The van der Waals surface area contributed by atoms with Crippen LogP contribution in [0.4, 0.5) is 0 Å². The van der Waals surface area contributed by atoms with E-state index in [9.17, 15) is 0 Å². The molecule has 0 rings (SSSR count). The van der Waals surface area contributed by atoms with E-state index in [0.717, 1.165) is 19.7 Å². The molecule has 0 saturated heterocycles. The van der Waals surface area contributed by atoms with Crippen molar-refractivity contribution >= 4 is 0 Å². The molecule has 0 aliphatic heterocycles. The largest absolute Gasteiger partial charge is 0.383 e. The van der Waals surface area contributed by atoms with Gasteiger partial charge in [-0.15, -0.1) is 0 Å². The summed E-state index contributed by atoms with van der Waals surface area (Å²) < 4.78 is 5.03. The molecule has 1 unspecified atom stereocenters. The Kier molecular flexibility index (Phi) is 8.40. The van der Waals surface area contributed by atoms with Crippen LogP contribution in [-0.2, 0) is 4.74 Å². The van der Waals surface area contributed by atoms with Gasteiger partial charge in [-0.3, -0.25) is 0 Å². The van der Waals surface area contributed by atoms with Gasteiger partial charge in [0.25, 0.3) is 0 Å². The fourth-order valence-corrected chi connectivity index (χ4v) is 1.39. The van der Waals surface area contributed by atoms with Crippen LogP contribution in [0.15, 0.2) is 0 Å². The first-order valence-corrected chi connectivity index (χ1v) is 5.09. The van der Waals surface area contributed by atoms with Crippen molar-refractivity contribution in [2.24, 2.45) is 0 Å². The van der Waals surface area contributed by atoms with Crippen molar-refractivity contribution in [2.45, 2.75) is 25.8 Å². The maximum atomic E-state index is 5.03. The lowest BCUT2D eigenvalue weighted by atomic mass is 10.1. The zero-order valence-electron chi connectivity index (χ0n) is 9.47. The van der Waals surface area contributed by atoms with E-state index in [2.05, 4.69) is 24.2 Å². The Morgan fingerprint density at radius 1 is 1.46 bits per heavy atom. The van der Waals surface area contributed by atoms with Gasteiger partial charge in [-0.1, -0.05) is 13.3 Å². The van der Waals surface area contributed by atoms with Crippen LogP contribution in [0.1, 0.15) is 19.8 Å². The lowest BCUT2D eigenvalue weighted by molar-refractivity contribution is 0.155. The van der Waals surface area contributed by atoms with Crippen molar-refractivity contribution in [3.63, 3.8) is 0 Å². The summed E-state index contributed by atoms with van der Waals surface area (Å²) in [5.74, 6) is 0. The summed E-state index contributed by atoms with van der Waals surface area (Å²) in [4.78, 5) is 2.31. The third kappa shape index (κ3) is 6.99. The normalized spacial score (nSPS) is 13.6.